The fourth-order valence-electron chi connectivity index (χ4n) is 3.70. The second-order valence-electron chi connectivity index (χ2n) is 8.06. The van der Waals surface area contributed by atoms with Gasteiger partial charge in [0.2, 0.25) is 0 Å². The predicted octanol–water partition coefficient (Wildman–Crippen LogP) is 4.96. The Morgan fingerprint density at radius 2 is 1.74 bits per heavy atom. The van der Waals surface area contributed by atoms with Gasteiger partial charge in [-0.3, -0.25) is 9.59 Å². The molecule has 1 aromatic heterocycles. The third-order valence-corrected chi connectivity index (χ3v) is 5.65. The van der Waals surface area contributed by atoms with Crippen molar-refractivity contribution in [3.8, 4) is 11.1 Å². The molecule has 0 saturated heterocycles. The van der Waals surface area contributed by atoms with Crippen LogP contribution in [0, 0.1) is 5.92 Å². The van der Waals surface area contributed by atoms with Crippen molar-refractivity contribution in [2.75, 3.05) is 6.61 Å². The summed E-state index contributed by atoms with van der Waals surface area (Å²) in [5, 5.41) is 12.7. The zero-order valence-electron chi connectivity index (χ0n) is 19.0. The highest BCUT2D eigenvalue weighted by atomic mass is 35.5. The van der Waals surface area contributed by atoms with Crippen LogP contribution in [-0.4, -0.2) is 40.6 Å². The van der Waals surface area contributed by atoms with Crippen LogP contribution >= 0.6 is 11.6 Å². The van der Waals surface area contributed by atoms with Gasteiger partial charge in [0.15, 0.2) is 0 Å². The number of rotatable bonds is 10. The smallest absolute Gasteiger partial charge is 0.352 e. The highest BCUT2D eigenvalue weighted by molar-refractivity contribution is 6.30. The standard InChI is InChI=1S/C26H27ClN2O5/c1-3-34-26(33)16(2)13-21(28-24(30)22-11-12-23(29-22)25(31)32)14-17-7-9-18(10-8-17)19-5-4-6-20(27)15-19/h4-12,15-16,21,29H,3,13-14H2,1-2H3,(H,28,30)(H,31,32)/t16-,21+/m1/s1. The van der Waals surface area contributed by atoms with Gasteiger partial charge >= 0.3 is 11.9 Å². The van der Waals surface area contributed by atoms with Crippen LogP contribution < -0.4 is 5.32 Å². The van der Waals surface area contributed by atoms with E-state index in [0.29, 0.717) is 17.9 Å². The number of carbonyl (C=O) groups is 3. The van der Waals surface area contributed by atoms with Crippen LogP contribution in [0.2, 0.25) is 5.02 Å². The summed E-state index contributed by atoms with van der Waals surface area (Å²) >= 11 is 6.10. The molecule has 34 heavy (non-hydrogen) atoms. The Hall–Kier alpha value is -3.58. The van der Waals surface area contributed by atoms with Crippen molar-refractivity contribution >= 4 is 29.4 Å². The number of aromatic amines is 1. The quantitative estimate of drug-likeness (QED) is 0.354. The van der Waals surface area contributed by atoms with Gasteiger partial charge in [-0.25, -0.2) is 4.79 Å². The van der Waals surface area contributed by atoms with E-state index in [0.717, 1.165) is 16.7 Å². The number of benzene rings is 2. The Kier molecular flexibility index (Phi) is 8.49. The van der Waals surface area contributed by atoms with Crippen molar-refractivity contribution in [2.24, 2.45) is 5.92 Å². The van der Waals surface area contributed by atoms with Crippen LogP contribution in [0.25, 0.3) is 11.1 Å². The average Bonchev–Trinajstić information content (AvgIpc) is 3.31. The lowest BCUT2D eigenvalue weighted by atomic mass is 9.94. The molecule has 178 valence electrons. The fourth-order valence-corrected chi connectivity index (χ4v) is 3.89. The van der Waals surface area contributed by atoms with Gasteiger partial charge in [0.1, 0.15) is 11.4 Å². The molecule has 0 bridgehead atoms. The number of carbonyl (C=O) groups excluding carboxylic acids is 2. The van der Waals surface area contributed by atoms with Gasteiger partial charge in [-0.2, -0.15) is 0 Å². The number of carboxylic acids is 1. The van der Waals surface area contributed by atoms with E-state index in [1.807, 2.05) is 48.5 Å². The average molecular weight is 483 g/mol. The normalized spacial score (nSPS) is 12.6. The van der Waals surface area contributed by atoms with Gasteiger partial charge in [0.05, 0.1) is 12.5 Å². The summed E-state index contributed by atoms with van der Waals surface area (Å²) in [5.74, 6) is -2.34. The van der Waals surface area contributed by atoms with E-state index in [2.05, 4.69) is 10.3 Å². The van der Waals surface area contributed by atoms with Crippen LogP contribution in [0.5, 0.6) is 0 Å². The molecule has 3 aromatic rings. The Labute approximate surface area is 203 Å². The van der Waals surface area contributed by atoms with Gasteiger partial charge in [0.25, 0.3) is 5.91 Å². The summed E-state index contributed by atoms with van der Waals surface area (Å²) in [6.07, 6.45) is 0.852. The molecule has 0 saturated carbocycles. The largest absolute Gasteiger partial charge is 0.477 e. The predicted molar refractivity (Wildman–Crippen MR) is 130 cm³/mol. The number of aromatic nitrogens is 1. The first kappa shape index (κ1) is 25.1. The molecule has 1 amide bonds. The van der Waals surface area contributed by atoms with Crippen molar-refractivity contribution in [1.82, 2.24) is 10.3 Å². The number of aromatic carboxylic acids is 1. The molecule has 2 aromatic carbocycles. The van der Waals surface area contributed by atoms with Crippen molar-refractivity contribution in [3.05, 3.63) is 82.6 Å². The summed E-state index contributed by atoms with van der Waals surface area (Å²) in [6.45, 7) is 3.79. The molecule has 0 aliphatic heterocycles. The van der Waals surface area contributed by atoms with E-state index in [1.54, 1.807) is 13.8 Å². The minimum atomic E-state index is -1.15. The van der Waals surface area contributed by atoms with Crippen molar-refractivity contribution in [1.29, 1.82) is 0 Å². The molecule has 0 aliphatic rings. The van der Waals surface area contributed by atoms with Crippen molar-refractivity contribution in [2.45, 2.75) is 32.7 Å². The third kappa shape index (κ3) is 6.71. The Balaban J connectivity index is 1.76. The molecule has 3 N–H and O–H groups in total. The van der Waals surface area contributed by atoms with Crippen molar-refractivity contribution < 1.29 is 24.2 Å². The molecule has 0 aliphatic carbocycles. The van der Waals surface area contributed by atoms with Crippen LogP contribution in [0.1, 0.15) is 46.8 Å². The molecule has 0 spiro atoms. The van der Waals surface area contributed by atoms with E-state index in [9.17, 15) is 14.4 Å². The summed E-state index contributed by atoms with van der Waals surface area (Å²) in [6, 6.07) is 17.9. The number of hydrogen-bond donors (Lipinski definition) is 3. The van der Waals surface area contributed by atoms with Gasteiger partial charge < -0.3 is 20.1 Å². The van der Waals surface area contributed by atoms with Crippen LogP contribution in [-0.2, 0) is 16.0 Å². The molecule has 2 atom stereocenters. The number of H-pyrrole nitrogens is 1. The molecule has 0 fully saturated rings. The fraction of sp³-hybridized carbons (Fsp3) is 0.269. The lowest BCUT2D eigenvalue weighted by Gasteiger charge is -2.22. The first-order valence-corrected chi connectivity index (χ1v) is 11.4. The summed E-state index contributed by atoms with van der Waals surface area (Å²) in [4.78, 5) is 38.6. The minimum Gasteiger partial charge on any atom is -0.477 e. The van der Waals surface area contributed by atoms with Gasteiger partial charge in [-0.1, -0.05) is 54.9 Å². The number of carboxylic acid groups (broad SMARTS) is 1. The van der Waals surface area contributed by atoms with E-state index in [-0.39, 0.29) is 30.0 Å². The van der Waals surface area contributed by atoms with E-state index >= 15 is 0 Å². The van der Waals surface area contributed by atoms with Crippen LogP contribution in [0.15, 0.2) is 60.7 Å². The van der Waals surface area contributed by atoms with Gasteiger partial charge in [-0.15, -0.1) is 0 Å². The Morgan fingerprint density at radius 3 is 2.35 bits per heavy atom. The second kappa shape index (κ2) is 11.5. The zero-order valence-corrected chi connectivity index (χ0v) is 19.8. The van der Waals surface area contributed by atoms with E-state index < -0.39 is 17.8 Å². The summed E-state index contributed by atoms with van der Waals surface area (Å²) in [7, 11) is 0. The molecule has 8 heteroatoms. The molecule has 0 unspecified atom stereocenters. The number of hydrogen-bond acceptors (Lipinski definition) is 4. The van der Waals surface area contributed by atoms with E-state index in [4.69, 9.17) is 21.4 Å². The SMILES string of the molecule is CCOC(=O)[C@H](C)C[C@@H](Cc1ccc(-c2cccc(Cl)c2)cc1)NC(=O)c1ccc(C(=O)O)[nH]1. The molecule has 1 heterocycles. The molecule has 0 radical (unpaired) electrons. The monoisotopic (exact) mass is 482 g/mol. The maximum Gasteiger partial charge on any atom is 0.352 e. The van der Waals surface area contributed by atoms with Crippen molar-refractivity contribution in [3.63, 3.8) is 0 Å². The van der Waals surface area contributed by atoms with Crippen LogP contribution in [0.4, 0.5) is 0 Å². The Bertz CT molecular complexity index is 1160. The molecular formula is C26H27ClN2O5. The van der Waals surface area contributed by atoms with Gasteiger partial charge in [0, 0.05) is 11.1 Å². The number of amides is 1. The second-order valence-corrected chi connectivity index (χ2v) is 8.50. The van der Waals surface area contributed by atoms with E-state index in [1.165, 1.54) is 12.1 Å². The number of esters is 1. The zero-order chi connectivity index (χ0) is 24.7. The molecular weight excluding hydrogens is 456 g/mol. The minimum absolute atomic E-state index is 0.0711. The molecule has 7 nitrogen and oxygen atoms in total. The first-order valence-electron chi connectivity index (χ1n) is 11.0. The summed E-state index contributed by atoms with van der Waals surface area (Å²) in [5.41, 5.74) is 3.06. The summed E-state index contributed by atoms with van der Waals surface area (Å²) < 4.78 is 5.11. The number of halogens is 1. The maximum atomic E-state index is 12.8. The number of nitrogens with one attached hydrogen (secondary N) is 2. The Morgan fingerprint density at radius 1 is 1.03 bits per heavy atom. The topological polar surface area (TPSA) is 108 Å². The number of ether oxygens (including phenoxy) is 1. The van der Waals surface area contributed by atoms with Gasteiger partial charge in [-0.05, 0) is 60.7 Å². The lowest BCUT2D eigenvalue weighted by molar-refractivity contribution is -0.147. The third-order valence-electron chi connectivity index (χ3n) is 5.42. The first-order chi connectivity index (χ1) is 16.3. The lowest BCUT2D eigenvalue weighted by Crippen LogP contribution is -2.39. The maximum absolute atomic E-state index is 12.8. The molecule has 3 rings (SSSR count). The highest BCUT2D eigenvalue weighted by Crippen LogP contribution is 2.24. The highest BCUT2D eigenvalue weighted by Gasteiger charge is 2.23. The van der Waals surface area contributed by atoms with Crippen LogP contribution in [0.3, 0.4) is 0 Å².